The molecule has 3 heterocycles. The smallest absolute Gasteiger partial charge is 0.236 e. The van der Waals surface area contributed by atoms with Gasteiger partial charge >= 0.3 is 0 Å². The van der Waals surface area contributed by atoms with Crippen LogP contribution in [0.2, 0.25) is 0 Å². The van der Waals surface area contributed by atoms with Crippen LogP contribution < -0.4 is 0 Å². The molecule has 0 N–H and O–H groups in total. The van der Waals surface area contributed by atoms with Crippen LogP contribution in [0.25, 0.3) is 17.1 Å². The molecule has 1 aliphatic rings. The SMILES string of the molecule is Cc1nc2c(cnn2C(C)C)c(C)c1CCC(=O)N1CCN(S(=O)(=O)/C=C/c2ccccc2)CC1. The van der Waals surface area contributed by atoms with Crippen molar-refractivity contribution in [1.82, 2.24) is 24.0 Å². The van der Waals surface area contributed by atoms with Gasteiger partial charge in [-0.2, -0.15) is 9.40 Å². The Kier molecular flexibility index (Phi) is 7.37. The molecule has 0 atom stereocenters. The third-order valence-electron chi connectivity index (χ3n) is 6.60. The highest BCUT2D eigenvalue weighted by molar-refractivity contribution is 7.92. The van der Waals surface area contributed by atoms with E-state index in [1.165, 1.54) is 9.71 Å². The minimum Gasteiger partial charge on any atom is -0.340 e. The van der Waals surface area contributed by atoms with Crippen molar-refractivity contribution in [3.8, 4) is 0 Å². The fourth-order valence-corrected chi connectivity index (χ4v) is 5.71. The number of aromatic nitrogens is 3. The number of amides is 1. The number of hydrogen-bond donors (Lipinski definition) is 0. The van der Waals surface area contributed by atoms with E-state index in [4.69, 9.17) is 4.98 Å². The molecule has 8 nitrogen and oxygen atoms in total. The number of piperazine rings is 1. The molecule has 4 rings (SSSR count). The van der Waals surface area contributed by atoms with Crippen LogP contribution in [0.15, 0.2) is 41.9 Å². The van der Waals surface area contributed by atoms with Crippen molar-refractivity contribution in [2.24, 2.45) is 0 Å². The fourth-order valence-electron chi connectivity index (χ4n) is 4.54. The second-order valence-corrected chi connectivity index (χ2v) is 11.1. The standard InChI is InChI=1S/C26H33N5O3S/c1-19(2)31-26-24(18-27-31)20(3)23(21(4)28-26)10-11-25(32)29-13-15-30(16-14-29)35(33,34)17-12-22-8-6-5-7-9-22/h5-9,12,17-19H,10-11,13-16H2,1-4H3/b17-12+. The average molecular weight is 496 g/mol. The van der Waals surface area contributed by atoms with Gasteiger partial charge in [0.15, 0.2) is 5.65 Å². The number of carbonyl (C=O) groups excluding carboxylic acids is 1. The number of hydrogen-bond acceptors (Lipinski definition) is 5. The lowest BCUT2D eigenvalue weighted by Gasteiger charge is -2.33. The second kappa shape index (κ2) is 10.3. The summed E-state index contributed by atoms with van der Waals surface area (Å²) in [6.45, 7) is 9.60. The zero-order valence-corrected chi connectivity index (χ0v) is 21.6. The van der Waals surface area contributed by atoms with Gasteiger partial charge in [0.2, 0.25) is 15.9 Å². The summed E-state index contributed by atoms with van der Waals surface area (Å²) in [5, 5.41) is 6.75. The summed E-state index contributed by atoms with van der Waals surface area (Å²) in [5.41, 5.74) is 4.84. The molecule has 0 aliphatic carbocycles. The molecule has 0 bridgehead atoms. The summed E-state index contributed by atoms with van der Waals surface area (Å²) in [6.07, 6.45) is 4.43. The predicted molar refractivity (Wildman–Crippen MR) is 138 cm³/mol. The lowest BCUT2D eigenvalue weighted by molar-refractivity contribution is -0.132. The van der Waals surface area contributed by atoms with Gasteiger partial charge in [0, 0.05) is 55.1 Å². The van der Waals surface area contributed by atoms with Gasteiger partial charge in [0.25, 0.3) is 0 Å². The summed E-state index contributed by atoms with van der Waals surface area (Å²) < 4.78 is 28.8. The van der Waals surface area contributed by atoms with E-state index in [-0.39, 0.29) is 11.9 Å². The molecule has 1 saturated heterocycles. The Morgan fingerprint density at radius 1 is 1.09 bits per heavy atom. The Bertz CT molecular complexity index is 1340. The van der Waals surface area contributed by atoms with Crippen molar-refractivity contribution < 1.29 is 13.2 Å². The lowest BCUT2D eigenvalue weighted by Crippen LogP contribution is -2.50. The highest BCUT2D eigenvalue weighted by atomic mass is 32.2. The molecular weight excluding hydrogens is 462 g/mol. The van der Waals surface area contributed by atoms with Crippen molar-refractivity contribution >= 4 is 33.0 Å². The molecule has 0 unspecified atom stereocenters. The highest BCUT2D eigenvalue weighted by Gasteiger charge is 2.27. The summed E-state index contributed by atoms with van der Waals surface area (Å²) >= 11 is 0. The van der Waals surface area contributed by atoms with E-state index in [0.717, 1.165) is 33.4 Å². The van der Waals surface area contributed by atoms with Gasteiger partial charge in [-0.15, -0.1) is 0 Å². The molecule has 9 heteroatoms. The first kappa shape index (κ1) is 25.1. The van der Waals surface area contributed by atoms with E-state index in [9.17, 15) is 13.2 Å². The monoisotopic (exact) mass is 495 g/mol. The van der Waals surface area contributed by atoms with E-state index >= 15 is 0 Å². The number of fused-ring (bicyclic) bond motifs is 1. The number of carbonyl (C=O) groups is 1. The number of aryl methyl sites for hydroxylation is 2. The van der Waals surface area contributed by atoms with Gasteiger partial charge in [-0.25, -0.2) is 18.1 Å². The van der Waals surface area contributed by atoms with Crippen molar-refractivity contribution in [2.75, 3.05) is 26.2 Å². The summed E-state index contributed by atoms with van der Waals surface area (Å²) in [4.78, 5) is 19.5. The largest absolute Gasteiger partial charge is 0.340 e. The Morgan fingerprint density at radius 2 is 1.77 bits per heavy atom. The Morgan fingerprint density at radius 3 is 2.43 bits per heavy atom. The van der Waals surface area contributed by atoms with E-state index in [1.54, 1.807) is 11.0 Å². The van der Waals surface area contributed by atoms with Gasteiger partial charge < -0.3 is 4.90 Å². The van der Waals surface area contributed by atoms with Crippen LogP contribution in [-0.2, 0) is 21.2 Å². The quantitative estimate of drug-likeness (QED) is 0.499. The Labute approximate surface area is 207 Å². The van der Waals surface area contributed by atoms with Crippen molar-refractivity contribution in [2.45, 2.75) is 46.6 Å². The van der Waals surface area contributed by atoms with E-state index in [2.05, 4.69) is 25.9 Å². The Balaban J connectivity index is 1.36. The Hall–Kier alpha value is -3.04. The van der Waals surface area contributed by atoms with Crippen molar-refractivity contribution in [1.29, 1.82) is 0 Å². The van der Waals surface area contributed by atoms with E-state index in [1.807, 2.05) is 48.1 Å². The van der Waals surface area contributed by atoms with Gasteiger partial charge in [-0.1, -0.05) is 30.3 Å². The number of benzene rings is 1. The number of rotatable bonds is 7. The maximum atomic E-state index is 12.9. The van der Waals surface area contributed by atoms with Crippen LogP contribution >= 0.6 is 0 Å². The second-order valence-electron chi connectivity index (χ2n) is 9.26. The van der Waals surface area contributed by atoms with Crippen LogP contribution in [0.4, 0.5) is 0 Å². The molecule has 0 spiro atoms. The van der Waals surface area contributed by atoms with Crippen molar-refractivity contribution in [3.05, 3.63) is 64.3 Å². The molecule has 1 fully saturated rings. The molecular formula is C26H33N5O3S. The molecule has 1 aromatic carbocycles. The lowest BCUT2D eigenvalue weighted by atomic mass is 10.00. The number of sulfonamides is 1. The maximum Gasteiger partial charge on any atom is 0.236 e. The zero-order chi connectivity index (χ0) is 25.2. The summed E-state index contributed by atoms with van der Waals surface area (Å²) in [6, 6.07) is 9.56. The molecule has 0 saturated carbocycles. The molecule has 3 aromatic rings. The van der Waals surface area contributed by atoms with Crippen LogP contribution in [0, 0.1) is 13.8 Å². The van der Waals surface area contributed by atoms with E-state index in [0.29, 0.717) is 39.0 Å². The van der Waals surface area contributed by atoms with Crippen LogP contribution in [0.1, 0.15) is 48.7 Å². The van der Waals surface area contributed by atoms with Gasteiger partial charge in [-0.05, 0) is 56.9 Å². The maximum absolute atomic E-state index is 12.9. The number of pyridine rings is 1. The first-order chi connectivity index (χ1) is 16.7. The molecule has 35 heavy (non-hydrogen) atoms. The first-order valence-electron chi connectivity index (χ1n) is 12.0. The predicted octanol–water partition coefficient (Wildman–Crippen LogP) is 3.71. The average Bonchev–Trinajstić information content (AvgIpc) is 3.27. The zero-order valence-electron chi connectivity index (χ0n) is 20.8. The summed E-state index contributed by atoms with van der Waals surface area (Å²) in [7, 11) is -3.52. The first-order valence-corrected chi connectivity index (χ1v) is 13.5. The minimum absolute atomic E-state index is 0.0404. The van der Waals surface area contributed by atoms with E-state index < -0.39 is 10.0 Å². The third kappa shape index (κ3) is 5.46. The molecule has 186 valence electrons. The van der Waals surface area contributed by atoms with Gasteiger partial charge in [-0.3, -0.25) is 4.79 Å². The molecule has 2 aromatic heterocycles. The fraction of sp³-hybridized carbons (Fsp3) is 0.423. The van der Waals surface area contributed by atoms with Gasteiger partial charge in [0.05, 0.1) is 6.20 Å². The number of nitrogens with zero attached hydrogens (tertiary/aromatic N) is 5. The van der Waals surface area contributed by atoms with Crippen molar-refractivity contribution in [3.63, 3.8) is 0 Å². The molecule has 0 radical (unpaired) electrons. The highest BCUT2D eigenvalue weighted by Crippen LogP contribution is 2.25. The minimum atomic E-state index is -3.52. The topological polar surface area (TPSA) is 88.4 Å². The normalized spacial score (nSPS) is 15.5. The third-order valence-corrected chi connectivity index (χ3v) is 8.16. The molecule has 1 aliphatic heterocycles. The van der Waals surface area contributed by atoms with Crippen LogP contribution in [0.5, 0.6) is 0 Å². The van der Waals surface area contributed by atoms with Crippen LogP contribution in [0.3, 0.4) is 0 Å². The van der Waals surface area contributed by atoms with Gasteiger partial charge in [0.1, 0.15) is 0 Å². The van der Waals surface area contributed by atoms with Crippen LogP contribution in [-0.4, -0.2) is 64.5 Å². The molecule has 1 amide bonds. The summed E-state index contributed by atoms with van der Waals surface area (Å²) in [5.74, 6) is 0.0404.